The summed E-state index contributed by atoms with van der Waals surface area (Å²) in [5.74, 6) is 2.47. The normalized spacial score (nSPS) is 16.1. The highest BCUT2D eigenvalue weighted by Crippen LogP contribution is 2.32. The summed E-state index contributed by atoms with van der Waals surface area (Å²) in [7, 11) is 1.64. The Balaban J connectivity index is 2.10. The van der Waals surface area contributed by atoms with Gasteiger partial charge in [-0.2, -0.15) is 0 Å². The molecule has 0 aliphatic carbocycles. The summed E-state index contributed by atoms with van der Waals surface area (Å²) in [4.78, 5) is 4.39. The monoisotopic (exact) mass is 272 g/mol. The van der Waals surface area contributed by atoms with Gasteiger partial charge in [-0.05, 0) is 38.1 Å². The summed E-state index contributed by atoms with van der Waals surface area (Å²) >= 11 is 0. The van der Waals surface area contributed by atoms with Crippen LogP contribution < -0.4 is 15.8 Å². The minimum atomic E-state index is -0.538. The van der Waals surface area contributed by atoms with E-state index in [1.807, 2.05) is 42.7 Å². The van der Waals surface area contributed by atoms with Crippen molar-refractivity contribution >= 4 is 11.9 Å². The van der Waals surface area contributed by atoms with E-state index in [1.54, 1.807) is 7.11 Å². The molecule has 0 radical (unpaired) electrons. The Labute approximate surface area is 116 Å². The first-order valence-electron chi connectivity index (χ1n) is 6.24. The number of anilines is 1. The largest absolute Gasteiger partial charge is 0.497 e. The standard InChI is InChI=1S/C13H16N6O/c1-13(2)16-11(14)15-12-18-17-10(19(12)13)8-4-6-9(20-3)7-5-8/h4-7H,1-3H3,(H3,14,15,16,18). The van der Waals surface area contributed by atoms with E-state index in [0.29, 0.717) is 11.9 Å². The molecule has 3 rings (SSSR count). The zero-order chi connectivity index (χ0) is 14.3. The molecule has 1 aromatic heterocycles. The van der Waals surface area contributed by atoms with Crippen LogP contribution in [0.1, 0.15) is 13.8 Å². The molecular formula is C13H16N6O. The van der Waals surface area contributed by atoms with Gasteiger partial charge < -0.3 is 10.5 Å². The highest BCUT2D eigenvalue weighted by molar-refractivity contribution is 5.92. The Hall–Kier alpha value is -2.57. The predicted molar refractivity (Wildman–Crippen MR) is 76.6 cm³/mol. The van der Waals surface area contributed by atoms with Crippen LogP contribution in [-0.4, -0.2) is 27.8 Å². The fourth-order valence-corrected chi connectivity index (χ4v) is 2.30. The van der Waals surface area contributed by atoms with Gasteiger partial charge >= 0.3 is 0 Å². The lowest BCUT2D eigenvalue weighted by Gasteiger charge is -2.29. The van der Waals surface area contributed by atoms with Crippen LogP contribution in [0.4, 0.5) is 5.95 Å². The average molecular weight is 272 g/mol. The van der Waals surface area contributed by atoms with Crippen LogP contribution in [0.15, 0.2) is 29.3 Å². The van der Waals surface area contributed by atoms with Crippen LogP contribution in [0.3, 0.4) is 0 Å². The highest BCUT2D eigenvalue weighted by Gasteiger charge is 2.31. The van der Waals surface area contributed by atoms with Gasteiger partial charge in [-0.3, -0.25) is 9.88 Å². The molecule has 0 saturated carbocycles. The zero-order valence-corrected chi connectivity index (χ0v) is 11.6. The number of aromatic nitrogens is 3. The molecule has 104 valence electrons. The number of hydrogen-bond acceptors (Lipinski definition) is 6. The fraction of sp³-hybridized carbons (Fsp3) is 0.308. The average Bonchev–Trinajstić information content (AvgIpc) is 2.82. The molecule has 0 spiro atoms. The van der Waals surface area contributed by atoms with Gasteiger partial charge in [0.05, 0.1) is 7.11 Å². The molecule has 0 saturated heterocycles. The van der Waals surface area contributed by atoms with Gasteiger partial charge in [0.25, 0.3) is 0 Å². The maximum Gasteiger partial charge on any atom is 0.233 e. The van der Waals surface area contributed by atoms with E-state index in [9.17, 15) is 0 Å². The minimum Gasteiger partial charge on any atom is -0.497 e. The van der Waals surface area contributed by atoms with Crippen molar-refractivity contribution in [1.29, 1.82) is 0 Å². The molecule has 20 heavy (non-hydrogen) atoms. The first kappa shape index (κ1) is 12.5. The van der Waals surface area contributed by atoms with Crippen LogP contribution >= 0.6 is 0 Å². The summed E-state index contributed by atoms with van der Waals surface area (Å²) in [5, 5.41) is 11.3. The van der Waals surface area contributed by atoms with Crippen LogP contribution in [-0.2, 0) is 5.66 Å². The van der Waals surface area contributed by atoms with Crippen molar-refractivity contribution in [2.75, 3.05) is 12.4 Å². The molecule has 0 atom stereocenters. The first-order chi connectivity index (χ1) is 9.51. The SMILES string of the molecule is COc1ccc(-c2nnc3n2C(C)(C)N=C(N)N3)cc1. The van der Waals surface area contributed by atoms with Gasteiger partial charge in [-0.25, -0.2) is 4.99 Å². The van der Waals surface area contributed by atoms with Crippen molar-refractivity contribution < 1.29 is 4.74 Å². The minimum absolute atomic E-state index is 0.344. The van der Waals surface area contributed by atoms with Crippen molar-refractivity contribution in [3.05, 3.63) is 24.3 Å². The lowest BCUT2D eigenvalue weighted by Crippen LogP contribution is -2.38. The number of rotatable bonds is 2. The fourth-order valence-electron chi connectivity index (χ4n) is 2.30. The van der Waals surface area contributed by atoms with E-state index in [0.717, 1.165) is 17.1 Å². The van der Waals surface area contributed by atoms with E-state index in [1.165, 1.54) is 0 Å². The quantitative estimate of drug-likeness (QED) is 0.862. The molecule has 1 aromatic carbocycles. The number of aliphatic imine (C=N–C) groups is 1. The first-order valence-corrected chi connectivity index (χ1v) is 6.24. The number of benzene rings is 1. The number of hydrogen-bond donors (Lipinski definition) is 2. The molecule has 0 fully saturated rings. The van der Waals surface area contributed by atoms with Gasteiger partial charge in [0, 0.05) is 5.56 Å². The summed E-state index contributed by atoms with van der Waals surface area (Å²) in [6, 6.07) is 7.65. The Morgan fingerprint density at radius 2 is 1.90 bits per heavy atom. The molecule has 1 aliphatic rings. The predicted octanol–water partition coefficient (Wildman–Crippen LogP) is 1.39. The van der Waals surface area contributed by atoms with E-state index in [-0.39, 0.29) is 0 Å². The van der Waals surface area contributed by atoms with Crippen LogP contribution in [0.25, 0.3) is 11.4 Å². The number of guanidine groups is 1. The molecule has 0 bridgehead atoms. The Morgan fingerprint density at radius 1 is 1.20 bits per heavy atom. The lowest BCUT2D eigenvalue weighted by molar-refractivity contribution is 0.377. The maximum atomic E-state index is 5.75. The number of fused-ring (bicyclic) bond motifs is 1. The van der Waals surface area contributed by atoms with Gasteiger partial charge in [0.2, 0.25) is 5.95 Å². The Kier molecular flexibility index (Phi) is 2.63. The number of nitrogens with zero attached hydrogens (tertiary/aromatic N) is 4. The second kappa shape index (κ2) is 4.22. The lowest BCUT2D eigenvalue weighted by atomic mass is 10.1. The highest BCUT2D eigenvalue weighted by atomic mass is 16.5. The molecule has 2 aromatic rings. The van der Waals surface area contributed by atoms with E-state index >= 15 is 0 Å². The third-order valence-electron chi connectivity index (χ3n) is 3.19. The topological polar surface area (TPSA) is 90.4 Å². The molecule has 1 aliphatic heterocycles. The number of ether oxygens (including phenoxy) is 1. The molecule has 0 amide bonds. The van der Waals surface area contributed by atoms with Gasteiger partial charge in [0.1, 0.15) is 11.4 Å². The number of nitrogens with two attached hydrogens (primary N) is 1. The van der Waals surface area contributed by atoms with Crippen molar-refractivity contribution in [2.45, 2.75) is 19.5 Å². The Morgan fingerprint density at radius 3 is 2.55 bits per heavy atom. The summed E-state index contributed by atoms with van der Waals surface area (Å²) in [6.45, 7) is 3.92. The summed E-state index contributed by atoms with van der Waals surface area (Å²) < 4.78 is 7.08. The van der Waals surface area contributed by atoms with Gasteiger partial charge in [-0.1, -0.05) is 0 Å². The number of nitrogens with one attached hydrogen (secondary N) is 1. The Bertz CT molecular complexity index is 671. The second-order valence-corrected chi connectivity index (χ2v) is 5.03. The van der Waals surface area contributed by atoms with E-state index in [4.69, 9.17) is 10.5 Å². The van der Waals surface area contributed by atoms with E-state index < -0.39 is 5.66 Å². The molecule has 3 N–H and O–H groups in total. The van der Waals surface area contributed by atoms with Crippen LogP contribution in [0, 0.1) is 0 Å². The zero-order valence-electron chi connectivity index (χ0n) is 11.6. The van der Waals surface area contributed by atoms with Gasteiger partial charge in [0.15, 0.2) is 11.8 Å². The van der Waals surface area contributed by atoms with Crippen LogP contribution in [0.5, 0.6) is 5.75 Å². The molecule has 7 nitrogen and oxygen atoms in total. The summed E-state index contributed by atoms with van der Waals surface area (Å²) in [5.41, 5.74) is 6.15. The molecule has 7 heteroatoms. The molecule has 2 heterocycles. The smallest absolute Gasteiger partial charge is 0.233 e. The van der Waals surface area contributed by atoms with Crippen molar-refractivity contribution in [3.63, 3.8) is 0 Å². The summed E-state index contributed by atoms with van der Waals surface area (Å²) in [6.07, 6.45) is 0. The number of methoxy groups -OCH3 is 1. The van der Waals surface area contributed by atoms with Gasteiger partial charge in [-0.15, -0.1) is 10.2 Å². The third kappa shape index (κ3) is 1.87. The molecule has 0 unspecified atom stereocenters. The van der Waals surface area contributed by atoms with Crippen molar-refractivity contribution in [2.24, 2.45) is 10.7 Å². The maximum absolute atomic E-state index is 5.75. The third-order valence-corrected chi connectivity index (χ3v) is 3.19. The van der Waals surface area contributed by atoms with Crippen molar-refractivity contribution in [3.8, 4) is 17.1 Å². The van der Waals surface area contributed by atoms with E-state index in [2.05, 4.69) is 20.5 Å². The second-order valence-electron chi connectivity index (χ2n) is 5.03. The van der Waals surface area contributed by atoms with Crippen molar-refractivity contribution in [1.82, 2.24) is 14.8 Å². The van der Waals surface area contributed by atoms with Crippen LogP contribution in [0.2, 0.25) is 0 Å². The molecular weight excluding hydrogens is 256 g/mol.